The first kappa shape index (κ1) is 28.7. The summed E-state index contributed by atoms with van der Waals surface area (Å²) in [6, 6.07) is 17.1. The fourth-order valence-electron chi connectivity index (χ4n) is 4.57. The van der Waals surface area contributed by atoms with Gasteiger partial charge in [-0.15, -0.1) is 0 Å². The van der Waals surface area contributed by atoms with Gasteiger partial charge in [-0.1, -0.05) is 29.5 Å². The minimum absolute atomic E-state index is 0.00414. The molecule has 11 nitrogen and oxygen atoms in total. The maximum Gasteiger partial charge on any atom is 0.307 e. The van der Waals surface area contributed by atoms with Gasteiger partial charge in [-0.3, -0.25) is 13.9 Å². The molecule has 2 heterocycles. The van der Waals surface area contributed by atoms with E-state index in [1.54, 1.807) is 23.6 Å². The average Bonchev–Trinajstić information content (AvgIpc) is 3.53. The molecule has 5 rings (SSSR count). The largest absolute Gasteiger partial charge is 0.466 e. The number of sulfonamides is 2. The fourth-order valence-corrected chi connectivity index (χ4v) is 7.79. The SMILES string of the molecule is CCOC(=O)CCn1c(=NC(=O)c2ccc(S(=O)(=O)N3CCc4ccccc43)cc2)sc2cc(S(N)(=O)=O)ccc21. The van der Waals surface area contributed by atoms with Crippen molar-refractivity contribution in [1.82, 2.24) is 4.57 Å². The van der Waals surface area contributed by atoms with Crippen molar-refractivity contribution in [3.05, 3.63) is 82.7 Å². The van der Waals surface area contributed by atoms with Crippen LogP contribution in [-0.4, -0.2) is 46.4 Å². The Morgan fingerprint density at radius 2 is 1.71 bits per heavy atom. The lowest BCUT2D eigenvalue weighted by Crippen LogP contribution is -2.29. The van der Waals surface area contributed by atoms with Gasteiger partial charge in [-0.05, 0) is 67.4 Å². The summed E-state index contributed by atoms with van der Waals surface area (Å²) >= 11 is 1.06. The maximum atomic E-state index is 13.3. The predicted molar refractivity (Wildman–Crippen MR) is 153 cm³/mol. The van der Waals surface area contributed by atoms with Crippen LogP contribution in [0.5, 0.6) is 0 Å². The monoisotopic (exact) mass is 614 g/mol. The van der Waals surface area contributed by atoms with Crippen molar-refractivity contribution in [1.29, 1.82) is 0 Å². The van der Waals surface area contributed by atoms with Gasteiger partial charge in [0.15, 0.2) is 4.80 Å². The molecule has 0 radical (unpaired) electrons. The summed E-state index contributed by atoms with van der Waals surface area (Å²) in [6.07, 6.45) is 0.624. The van der Waals surface area contributed by atoms with Crippen molar-refractivity contribution in [2.75, 3.05) is 17.5 Å². The summed E-state index contributed by atoms with van der Waals surface area (Å²) < 4.78 is 58.8. The van der Waals surface area contributed by atoms with E-state index in [1.807, 2.05) is 12.1 Å². The van der Waals surface area contributed by atoms with E-state index in [-0.39, 0.29) is 39.7 Å². The third-order valence-corrected chi connectivity index (χ3v) is 10.3. The summed E-state index contributed by atoms with van der Waals surface area (Å²) in [4.78, 5) is 29.6. The van der Waals surface area contributed by atoms with Gasteiger partial charge >= 0.3 is 5.97 Å². The number of fused-ring (bicyclic) bond motifs is 2. The van der Waals surface area contributed by atoms with Crippen LogP contribution >= 0.6 is 11.3 Å². The minimum Gasteiger partial charge on any atom is -0.466 e. The molecule has 0 bridgehead atoms. The number of amides is 1. The second-order valence-corrected chi connectivity index (χ2v) is 13.6. The van der Waals surface area contributed by atoms with Crippen molar-refractivity contribution in [3.63, 3.8) is 0 Å². The van der Waals surface area contributed by atoms with E-state index in [0.29, 0.717) is 28.9 Å². The van der Waals surface area contributed by atoms with Crippen molar-refractivity contribution in [3.8, 4) is 0 Å². The van der Waals surface area contributed by atoms with Crippen molar-refractivity contribution in [2.45, 2.75) is 36.1 Å². The number of benzene rings is 3. The zero-order valence-electron chi connectivity index (χ0n) is 21.9. The predicted octanol–water partition coefficient (Wildman–Crippen LogP) is 2.80. The minimum atomic E-state index is -3.96. The quantitative estimate of drug-likeness (QED) is 0.299. The summed E-state index contributed by atoms with van der Waals surface area (Å²) in [5, 5.41) is 5.27. The highest BCUT2D eigenvalue weighted by molar-refractivity contribution is 7.92. The Morgan fingerprint density at radius 1 is 1.00 bits per heavy atom. The molecule has 0 saturated heterocycles. The molecule has 1 aliphatic heterocycles. The topological polar surface area (TPSA) is 158 Å². The van der Waals surface area contributed by atoms with E-state index in [1.165, 1.54) is 46.8 Å². The van der Waals surface area contributed by atoms with Gasteiger partial charge in [-0.2, -0.15) is 4.99 Å². The number of esters is 1. The molecular formula is C27H26N4O7S3. The number of hydrogen-bond donors (Lipinski definition) is 1. The van der Waals surface area contributed by atoms with Crippen LogP contribution in [0.3, 0.4) is 0 Å². The Hall–Kier alpha value is -3.85. The molecule has 1 amide bonds. The van der Waals surface area contributed by atoms with Crippen molar-refractivity contribution in [2.24, 2.45) is 10.1 Å². The van der Waals surface area contributed by atoms with Crippen LogP contribution in [0, 0.1) is 0 Å². The molecule has 2 N–H and O–H groups in total. The standard InChI is InChI=1S/C27H26N4O7S3/c1-2-38-25(32)14-15-30-23-12-11-21(40(28,34)35)17-24(23)39-27(30)29-26(33)19-7-9-20(10-8-19)41(36,37)31-16-13-18-5-3-4-6-22(18)31/h3-12,17H,2,13-16H2,1H3,(H2,28,34,35). The van der Waals surface area contributed by atoms with E-state index >= 15 is 0 Å². The number of primary sulfonamides is 1. The number of hydrogen-bond acceptors (Lipinski definition) is 8. The molecule has 0 fully saturated rings. The Morgan fingerprint density at radius 3 is 2.41 bits per heavy atom. The van der Waals surface area contributed by atoms with Crippen LogP contribution in [0.15, 0.2) is 81.5 Å². The molecule has 4 aromatic rings. The van der Waals surface area contributed by atoms with E-state index < -0.39 is 31.9 Å². The molecule has 1 aliphatic rings. The van der Waals surface area contributed by atoms with Gasteiger partial charge in [0, 0.05) is 18.7 Å². The Labute approximate surface area is 240 Å². The van der Waals surface area contributed by atoms with Crippen LogP contribution in [0.2, 0.25) is 0 Å². The molecule has 0 spiro atoms. The molecule has 0 unspecified atom stereocenters. The van der Waals surface area contributed by atoms with Gasteiger partial charge in [0.05, 0.1) is 38.7 Å². The molecule has 214 valence electrons. The molecule has 41 heavy (non-hydrogen) atoms. The van der Waals surface area contributed by atoms with Gasteiger partial charge in [0.1, 0.15) is 0 Å². The number of nitrogens with zero attached hydrogens (tertiary/aromatic N) is 3. The molecule has 0 atom stereocenters. The number of carbonyl (C=O) groups excluding carboxylic acids is 2. The van der Waals surface area contributed by atoms with Crippen LogP contribution < -0.4 is 14.2 Å². The van der Waals surface area contributed by atoms with E-state index in [4.69, 9.17) is 9.88 Å². The zero-order valence-corrected chi connectivity index (χ0v) is 24.3. The number of rotatable bonds is 8. The second-order valence-electron chi connectivity index (χ2n) is 9.16. The Balaban J connectivity index is 1.47. The highest BCUT2D eigenvalue weighted by Crippen LogP contribution is 2.32. The smallest absolute Gasteiger partial charge is 0.307 e. The number of carbonyl (C=O) groups is 2. The highest BCUT2D eigenvalue weighted by Gasteiger charge is 2.30. The summed E-state index contributed by atoms with van der Waals surface area (Å²) in [7, 11) is -7.79. The number of thiazole rings is 1. The zero-order chi connectivity index (χ0) is 29.4. The lowest BCUT2D eigenvalue weighted by molar-refractivity contribution is -0.143. The van der Waals surface area contributed by atoms with E-state index in [0.717, 1.165) is 16.9 Å². The summed E-state index contributed by atoms with van der Waals surface area (Å²) in [5.74, 6) is -1.07. The van der Waals surface area contributed by atoms with Crippen molar-refractivity contribution < 1.29 is 31.2 Å². The van der Waals surface area contributed by atoms with Crippen LogP contribution in [0.25, 0.3) is 10.2 Å². The maximum absolute atomic E-state index is 13.3. The average molecular weight is 615 g/mol. The van der Waals surface area contributed by atoms with Crippen LogP contribution in [0.4, 0.5) is 5.69 Å². The lowest BCUT2D eigenvalue weighted by Gasteiger charge is -2.19. The van der Waals surface area contributed by atoms with Gasteiger partial charge in [0.25, 0.3) is 15.9 Å². The molecule has 0 aliphatic carbocycles. The van der Waals surface area contributed by atoms with Crippen molar-refractivity contribution >= 4 is 59.2 Å². The summed E-state index contributed by atoms with van der Waals surface area (Å²) in [5.41, 5.74) is 2.32. The third-order valence-electron chi connectivity index (χ3n) is 6.56. The lowest BCUT2D eigenvalue weighted by atomic mass is 10.2. The Kier molecular flexibility index (Phi) is 7.83. The fraction of sp³-hybridized carbons (Fsp3) is 0.222. The molecular weight excluding hydrogens is 589 g/mol. The Bertz CT molecular complexity index is 1940. The molecule has 14 heteroatoms. The normalized spacial score (nSPS) is 13.9. The third kappa shape index (κ3) is 5.81. The number of para-hydroxylation sites is 1. The number of aromatic nitrogens is 1. The first-order valence-corrected chi connectivity index (χ1v) is 16.4. The van der Waals surface area contributed by atoms with E-state index in [2.05, 4.69) is 4.99 Å². The number of aryl methyl sites for hydroxylation is 1. The molecule has 1 aromatic heterocycles. The van der Waals surface area contributed by atoms with E-state index in [9.17, 15) is 26.4 Å². The number of ether oxygens (including phenoxy) is 1. The highest BCUT2D eigenvalue weighted by atomic mass is 32.2. The second kappa shape index (κ2) is 11.2. The van der Waals surface area contributed by atoms with Crippen LogP contribution in [-0.2, 0) is 42.5 Å². The molecule has 0 saturated carbocycles. The van der Waals surface area contributed by atoms with Gasteiger partial charge in [-0.25, -0.2) is 22.0 Å². The van der Waals surface area contributed by atoms with Crippen LogP contribution in [0.1, 0.15) is 29.3 Å². The first-order valence-electron chi connectivity index (χ1n) is 12.6. The summed E-state index contributed by atoms with van der Waals surface area (Å²) in [6.45, 7) is 2.38. The number of anilines is 1. The van der Waals surface area contributed by atoms with Gasteiger partial charge in [0.2, 0.25) is 10.0 Å². The molecule has 3 aromatic carbocycles. The first-order chi connectivity index (χ1) is 19.5. The number of nitrogens with two attached hydrogens (primary N) is 1. The van der Waals surface area contributed by atoms with Gasteiger partial charge < -0.3 is 9.30 Å².